The lowest BCUT2D eigenvalue weighted by atomic mass is 9.96. The van der Waals surface area contributed by atoms with Crippen molar-refractivity contribution < 1.29 is 32.5 Å². The van der Waals surface area contributed by atoms with Gasteiger partial charge in [0.2, 0.25) is 11.2 Å². The minimum atomic E-state index is -4.57. The quantitative estimate of drug-likeness (QED) is 0.362. The summed E-state index contributed by atoms with van der Waals surface area (Å²) < 4.78 is 50.6. The summed E-state index contributed by atoms with van der Waals surface area (Å²) >= 11 is 0.746. The van der Waals surface area contributed by atoms with E-state index in [4.69, 9.17) is 9.15 Å². The Morgan fingerprint density at radius 3 is 2.15 bits per heavy atom. The molecule has 0 aliphatic heterocycles. The van der Waals surface area contributed by atoms with Crippen LogP contribution in [0.5, 0.6) is 17.2 Å². The summed E-state index contributed by atoms with van der Waals surface area (Å²) in [4.78, 5) is 13.4. The third kappa shape index (κ3) is 4.84. The van der Waals surface area contributed by atoms with E-state index in [1.807, 2.05) is 33.8 Å². The molecule has 2 aromatic heterocycles. The zero-order valence-electron chi connectivity index (χ0n) is 19.4. The second-order valence-electron chi connectivity index (χ2n) is 8.32. The van der Waals surface area contributed by atoms with Gasteiger partial charge in [-0.2, -0.15) is 13.2 Å². The van der Waals surface area contributed by atoms with Crippen LogP contribution >= 0.6 is 11.3 Å². The minimum absolute atomic E-state index is 0.0314. The molecule has 0 aliphatic carbocycles. The van der Waals surface area contributed by atoms with Crippen LogP contribution in [-0.4, -0.2) is 17.3 Å². The van der Waals surface area contributed by atoms with Crippen LogP contribution in [0.15, 0.2) is 44.0 Å². The second kappa shape index (κ2) is 9.58. The van der Waals surface area contributed by atoms with Gasteiger partial charge in [0, 0.05) is 16.5 Å². The first-order valence-corrected chi connectivity index (χ1v) is 11.3. The van der Waals surface area contributed by atoms with Gasteiger partial charge in [0.1, 0.15) is 22.5 Å². The minimum Gasteiger partial charge on any atom is -0.507 e. The number of halogens is 3. The predicted molar refractivity (Wildman–Crippen MR) is 127 cm³/mol. The number of phenols is 2. The van der Waals surface area contributed by atoms with Crippen LogP contribution in [0.25, 0.3) is 21.6 Å². The monoisotopic (exact) mass is 494 g/mol. The third-order valence-electron chi connectivity index (χ3n) is 5.22. The van der Waals surface area contributed by atoms with Crippen LogP contribution < -0.4 is 10.2 Å². The van der Waals surface area contributed by atoms with Gasteiger partial charge in [-0.15, -0.1) is 11.3 Å². The Morgan fingerprint density at radius 1 is 1.06 bits per heavy atom. The molecule has 0 spiro atoms. The molecule has 0 fully saturated rings. The summed E-state index contributed by atoms with van der Waals surface area (Å²) in [5.41, 5.74) is 0.567. The van der Waals surface area contributed by atoms with E-state index in [0.29, 0.717) is 0 Å². The molecule has 1 aromatic carbocycles. The molecule has 0 atom stereocenters. The zero-order chi connectivity index (χ0) is 25.4. The normalized spacial score (nSPS) is 11.5. The Morgan fingerprint density at radius 2 is 1.65 bits per heavy atom. The van der Waals surface area contributed by atoms with E-state index >= 15 is 0 Å². The Kier molecular flexibility index (Phi) is 7.16. The number of methoxy groups -OCH3 is 1. The van der Waals surface area contributed by atoms with E-state index in [9.17, 15) is 28.2 Å². The van der Waals surface area contributed by atoms with Crippen LogP contribution in [0.4, 0.5) is 13.2 Å². The molecular weight excluding hydrogens is 469 g/mol. The third-order valence-corrected chi connectivity index (χ3v) is 6.15. The molecule has 3 aromatic rings. The molecule has 3 rings (SSSR count). The van der Waals surface area contributed by atoms with E-state index < -0.39 is 22.9 Å². The van der Waals surface area contributed by atoms with Gasteiger partial charge in [-0.3, -0.25) is 4.79 Å². The number of ether oxygens (including phenoxy) is 1. The molecular formula is C25H25F3O5S. The van der Waals surface area contributed by atoms with Crippen LogP contribution in [0.1, 0.15) is 44.4 Å². The van der Waals surface area contributed by atoms with Crippen molar-refractivity contribution in [1.82, 2.24) is 0 Å². The van der Waals surface area contributed by atoms with Gasteiger partial charge in [0.25, 0.3) is 0 Å². The van der Waals surface area contributed by atoms with Crippen LogP contribution in [-0.2, 0) is 19.0 Å². The maximum atomic E-state index is 13.4. The molecule has 0 saturated heterocycles. The molecule has 5 nitrogen and oxygen atoms in total. The molecule has 0 unspecified atom stereocenters. The zero-order valence-corrected chi connectivity index (χ0v) is 20.2. The molecule has 0 amide bonds. The van der Waals surface area contributed by atoms with Crippen LogP contribution in [0.2, 0.25) is 0 Å². The van der Waals surface area contributed by atoms with Crippen LogP contribution in [0.3, 0.4) is 0 Å². The summed E-state index contributed by atoms with van der Waals surface area (Å²) in [5.74, 6) is -1.21. The van der Waals surface area contributed by atoms with E-state index in [0.717, 1.165) is 33.9 Å². The Labute approximate surface area is 198 Å². The van der Waals surface area contributed by atoms with E-state index in [2.05, 4.69) is 0 Å². The van der Waals surface area contributed by atoms with Crippen molar-refractivity contribution in [1.29, 1.82) is 0 Å². The number of phenolic OH excluding ortho intramolecular Hbond substituents is 2. The number of hydrogen-bond donors (Lipinski definition) is 2. The summed E-state index contributed by atoms with van der Waals surface area (Å²) in [6, 6.07) is 0.871. The van der Waals surface area contributed by atoms with Crippen LogP contribution in [0, 0.1) is 0 Å². The second-order valence-corrected chi connectivity index (χ2v) is 9.23. The number of fused-ring (bicyclic) bond motifs is 1. The summed E-state index contributed by atoms with van der Waals surface area (Å²) in [5, 5.41) is 22.7. The fraction of sp³-hybridized carbons (Fsp3) is 0.320. The molecule has 0 bridgehead atoms. The summed E-state index contributed by atoms with van der Waals surface area (Å²) in [6.45, 7) is 7.44. The fourth-order valence-electron chi connectivity index (χ4n) is 3.45. The van der Waals surface area contributed by atoms with Crippen molar-refractivity contribution in [3.8, 4) is 27.9 Å². The van der Waals surface area contributed by atoms with Gasteiger partial charge < -0.3 is 19.4 Å². The van der Waals surface area contributed by atoms with Gasteiger partial charge in [-0.25, -0.2) is 0 Å². The molecule has 9 heteroatoms. The summed E-state index contributed by atoms with van der Waals surface area (Å²) in [7, 11) is 1.20. The van der Waals surface area contributed by atoms with Crippen molar-refractivity contribution in [3.05, 3.63) is 61.7 Å². The lowest BCUT2D eigenvalue weighted by Crippen LogP contribution is -2.10. The largest absolute Gasteiger partial charge is 0.507 e. The Balaban J connectivity index is 2.43. The predicted octanol–water partition coefficient (Wildman–Crippen LogP) is 6.98. The maximum Gasteiger partial charge on any atom is 0.417 e. The van der Waals surface area contributed by atoms with Crippen molar-refractivity contribution in [3.63, 3.8) is 0 Å². The van der Waals surface area contributed by atoms with E-state index in [1.54, 1.807) is 6.08 Å². The molecule has 0 saturated carbocycles. The molecule has 182 valence electrons. The number of allylic oxidation sites excluding steroid dienone is 4. The van der Waals surface area contributed by atoms with Crippen molar-refractivity contribution in [2.75, 3.05) is 7.11 Å². The maximum absolute atomic E-state index is 13.4. The number of hydrogen-bond acceptors (Lipinski definition) is 6. The summed E-state index contributed by atoms with van der Waals surface area (Å²) in [6.07, 6.45) is -0.610. The van der Waals surface area contributed by atoms with E-state index in [-0.39, 0.29) is 57.1 Å². The Bertz CT molecular complexity index is 1350. The first-order chi connectivity index (χ1) is 15.9. The highest BCUT2D eigenvalue weighted by molar-refractivity contribution is 7.13. The highest BCUT2D eigenvalue weighted by atomic mass is 32.1. The van der Waals surface area contributed by atoms with Crippen molar-refractivity contribution in [2.45, 2.75) is 46.7 Å². The molecule has 0 aliphatic rings. The highest BCUT2D eigenvalue weighted by Gasteiger charge is 2.33. The smallest absolute Gasteiger partial charge is 0.417 e. The van der Waals surface area contributed by atoms with E-state index in [1.165, 1.54) is 7.11 Å². The lowest BCUT2D eigenvalue weighted by molar-refractivity contribution is -0.137. The molecule has 34 heavy (non-hydrogen) atoms. The molecule has 2 N–H and O–H groups in total. The van der Waals surface area contributed by atoms with Crippen molar-refractivity contribution in [2.24, 2.45) is 0 Å². The molecule has 0 radical (unpaired) electrons. The first-order valence-electron chi connectivity index (χ1n) is 10.4. The number of thiophene rings is 1. The first kappa shape index (κ1) is 25.4. The number of benzene rings is 1. The number of rotatable bonds is 6. The van der Waals surface area contributed by atoms with Gasteiger partial charge in [0.05, 0.1) is 17.6 Å². The fourth-order valence-corrected chi connectivity index (χ4v) is 4.34. The SMILES string of the molecule is COc1c(-c2cc(C(F)(F)F)cs2)oc2c(CC=C(C)C)c(O)c(CC=C(C)C)c(O)c2c1=O. The average molecular weight is 495 g/mol. The van der Waals surface area contributed by atoms with Gasteiger partial charge in [-0.05, 0) is 46.6 Å². The van der Waals surface area contributed by atoms with Gasteiger partial charge in [0.15, 0.2) is 5.76 Å². The average Bonchev–Trinajstić information content (AvgIpc) is 3.23. The highest BCUT2D eigenvalue weighted by Crippen LogP contribution is 2.44. The standard InChI is InChI=1S/C25H25F3O5S/c1-12(2)6-8-15-19(29)16(9-7-13(3)4)22-18(20(15)30)21(31)24(32-5)23(33-22)17-10-14(11-34-17)25(26,27)28/h6-7,10-11,29-30H,8-9H2,1-5H3. The topological polar surface area (TPSA) is 79.9 Å². The number of alkyl halides is 3. The van der Waals surface area contributed by atoms with Gasteiger partial charge in [-0.1, -0.05) is 23.3 Å². The molecule has 2 heterocycles. The Hall–Kier alpha value is -3.20. The lowest BCUT2D eigenvalue weighted by Gasteiger charge is -2.16. The van der Waals surface area contributed by atoms with Gasteiger partial charge >= 0.3 is 6.18 Å². The van der Waals surface area contributed by atoms with Crippen molar-refractivity contribution >= 4 is 22.3 Å². The number of aromatic hydroxyl groups is 2.